The third kappa shape index (κ3) is 6.54. The maximum absolute atomic E-state index is 6.44. The molecule has 1 atom stereocenters. The molecule has 2 rings (SSSR count). The highest BCUT2D eigenvalue weighted by Crippen LogP contribution is 2.37. The Morgan fingerprint density at radius 3 is 2.42 bits per heavy atom. The van der Waals surface area contributed by atoms with Crippen molar-refractivity contribution < 1.29 is 9.47 Å². The van der Waals surface area contributed by atoms with Crippen molar-refractivity contribution in [3.05, 3.63) is 58.6 Å². The highest BCUT2D eigenvalue weighted by Gasteiger charge is 2.14. The molecule has 142 valence electrons. The first-order valence-corrected chi connectivity index (χ1v) is 9.76. The minimum absolute atomic E-state index is 0.0497. The fourth-order valence-electron chi connectivity index (χ4n) is 2.76. The third-order valence-electron chi connectivity index (χ3n) is 4.09. The molecule has 0 saturated heterocycles. The zero-order valence-electron chi connectivity index (χ0n) is 16.2. The number of halogens is 1. The van der Waals surface area contributed by atoms with Crippen molar-refractivity contribution in [2.24, 2.45) is 0 Å². The van der Waals surface area contributed by atoms with E-state index in [1.807, 2.05) is 32.9 Å². The van der Waals surface area contributed by atoms with Gasteiger partial charge in [0.1, 0.15) is 0 Å². The molecule has 0 aromatic heterocycles. The molecule has 2 aromatic rings. The van der Waals surface area contributed by atoms with Gasteiger partial charge in [-0.15, -0.1) is 0 Å². The smallest absolute Gasteiger partial charge is 0.180 e. The molecule has 0 aliphatic carbocycles. The maximum Gasteiger partial charge on any atom is 0.180 e. The number of nitrogens with one attached hydrogen (secondary N) is 1. The van der Waals surface area contributed by atoms with Gasteiger partial charge in [-0.25, -0.2) is 0 Å². The van der Waals surface area contributed by atoms with Crippen LogP contribution in [0.5, 0.6) is 11.5 Å². The Hall–Kier alpha value is -1.71. The van der Waals surface area contributed by atoms with Gasteiger partial charge < -0.3 is 14.8 Å². The first kappa shape index (κ1) is 20.6. The quantitative estimate of drug-likeness (QED) is 0.583. The van der Waals surface area contributed by atoms with Gasteiger partial charge in [0.2, 0.25) is 0 Å². The van der Waals surface area contributed by atoms with E-state index in [4.69, 9.17) is 21.1 Å². The van der Waals surface area contributed by atoms with E-state index in [2.05, 4.69) is 42.6 Å². The van der Waals surface area contributed by atoms with Crippen LogP contribution in [0.4, 0.5) is 0 Å². The minimum Gasteiger partial charge on any atom is -0.490 e. The number of hydrogen-bond donors (Lipinski definition) is 1. The predicted octanol–water partition coefficient (Wildman–Crippen LogP) is 5.64. The van der Waals surface area contributed by atoms with Crippen LogP contribution in [0.15, 0.2) is 42.5 Å². The average Bonchev–Trinajstić information content (AvgIpc) is 2.62. The summed E-state index contributed by atoms with van der Waals surface area (Å²) in [7, 11) is 0. The minimum atomic E-state index is 0.0497. The first-order chi connectivity index (χ1) is 12.5. The third-order valence-corrected chi connectivity index (χ3v) is 4.37. The molecular weight excluding hydrogens is 346 g/mol. The molecule has 0 unspecified atom stereocenters. The molecule has 0 spiro atoms. The molecule has 0 bridgehead atoms. The second kappa shape index (κ2) is 10.4. The molecule has 0 aliphatic rings. The summed E-state index contributed by atoms with van der Waals surface area (Å²) in [6.45, 7) is 9.46. The largest absolute Gasteiger partial charge is 0.490 e. The van der Waals surface area contributed by atoms with Gasteiger partial charge in [-0.1, -0.05) is 41.9 Å². The Labute approximate surface area is 162 Å². The second-order valence-electron chi connectivity index (χ2n) is 6.81. The Bertz CT molecular complexity index is 673. The Kier molecular flexibility index (Phi) is 8.27. The van der Waals surface area contributed by atoms with Gasteiger partial charge in [-0.2, -0.15) is 0 Å². The van der Waals surface area contributed by atoms with Crippen LogP contribution in [-0.4, -0.2) is 18.8 Å². The summed E-state index contributed by atoms with van der Waals surface area (Å²) in [5.41, 5.74) is 2.47. The fraction of sp³-hybridized carbons (Fsp3) is 0.455. The highest BCUT2D eigenvalue weighted by molar-refractivity contribution is 6.32. The van der Waals surface area contributed by atoms with Crippen molar-refractivity contribution in [2.45, 2.75) is 59.2 Å². The van der Waals surface area contributed by atoms with E-state index in [1.54, 1.807) is 0 Å². The molecule has 0 aliphatic heterocycles. The zero-order valence-corrected chi connectivity index (χ0v) is 17.0. The SMILES string of the molecule is CCOc1cc(CN[C@H](C)CCc2ccccc2)cc(Cl)c1OC(C)C. The van der Waals surface area contributed by atoms with E-state index in [0.717, 1.165) is 24.9 Å². The first-order valence-electron chi connectivity index (χ1n) is 9.38. The van der Waals surface area contributed by atoms with Gasteiger partial charge >= 0.3 is 0 Å². The molecule has 0 fully saturated rings. The summed E-state index contributed by atoms with van der Waals surface area (Å²) in [5, 5.41) is 4.17. The van der Waals surface area contributed by atoms with Crippen LogP contribution < -0.4 is 14.8 Å². The molecule has 2 aromatic carbocycles. The van der Waals surface area contributed by atoms with E-state index in [-0.39, 0.29) is 6.10 Å². The summed E-state index contributed by atoms with van der Waals surface area (Å²) in [6.07, 6.45) is 2.21. The lowest BCUT2D eigenvalue weighted by Crippen LogP contribution is -2.26. The van der Waals surface area contributed by atoms with Gasteiger partial charge in [0.25, 0.3) is 0 Å². The number of hydrogen-bond acceptors (Lipinski definition) is 3. The molecular formula is C22H30ClNO2. The second-order valence-corrected chi connectivity index (χ2v) is 7.22. The monoisotopic (exact) mass is 375 g/mol. The normalized spacial score (nSPS) is 12.2. The molecule has 26 heavy (non-hydrogen) atoms. The zero-order chi connectivity index (χ0) is 18.9. The highest BCUT2D eigenvalue weighted by atomic mass is 35.5. The average molecular weight is 376 g/mol. The van der Waals surface area contributed by atoms with Crippen LogP contribution in [-0.2, 0) is 13.0 Å². The number of aryl methyl sites for hydroxylation is 1. The number of ether oxygens (including phenoxy) is 2. The van der Waals surface area contributed by atoms with Gasteiger partial charge in [-0.05, 0) is 63.8 Å². The lowest BCUT2D eigenvalue weighted by atomic mass is 10.1. The fourth-order valence-corrected chi connectivity index (χ4v) is 3.04. The maximum atomic E-state index is 6.44. The van der Waals surface area contributed by atoms with Crippen LogP contribution in [0.25, 0.3) is 0 Å². The van der Waals surface area contributed by atoms with Crippen LogP contribution >= 0.6 is 11.6 Å². The molecule has 0 amide bonds. The summed E-state index contributed by atoms with van der Waals surface area (Å²) in [4.78, 5) is 0. The predicted molar refractivity (Wildman–Crippen MR) is 109 cm³/mol. The summed E-state index contributed by atoms with van der Waals surface area (Å²) < 4.78 is 11.6. The van der Waals surface area contributed by atoms with Gasteiger partial charge in [0, 0.05) is 12.6 Å². The van der Waals surface area contributed by atoms with E-state index >= 15 is 0 Å². The van der Waals surface area contributed by atoms with Crippen molar-refractivity contribution >= 4 is 11.6 Å². The van der Waals surface area contributed by atoms with Crippen LogP contribution in [0.3, 0.4) is 0 Å². The summed E-state index contributed by atoms with van der Waals surface area (Å²) >= 11 is 6.44. The molecule has 4 heteroatoms. The summed E-state index contributed by atoms with van der Waals surface area (Å²) in [5.74, 6) is 1.34. The van der Waals surface area contributed by atoms with Crippen molar-refractivity contribution in [1.82, 2.24) is 5.32 Å². The lowest BCUT2D eigenvalue weighted by molar-refractivity contribution is 0.224. The lowest BCUT2D eigenvalue weighted by Gasteiger charge is -2.18. The van der Waals surface area contributed by atoms with Crippen LogP contribution in [0, 0.1) is 0 Å². The van der Waals surface area contributed by atoms with Crippen molar-refractivity contribution in [2.75, 3.05) is 6.61 Å². The van der Waals surface area contributed by atoms with Crippen molar-refractivity contribution in [3.63, 3.8) is 0 Å². The molecule has 3 nitrogen and oxygen atoms in total. The Morgan fingerprint density at radius 2 is 1.77 bits per heavy atom. The van der Waals surface area contributed by atoms with E-state index in [9.17, 15) is 0 Å². The van der Waals surface area contributed by atoms with E-state index in [1.165, 1.54) is 5.56 Å². The van der Waals surface area contributed by atoms with E-state index in [0.29, 0.717) is 29.2 Å². The number of rotatable bonds is 10. The molecule has 0 heterocycles. The van der Waals surface area contributed by atoms with Gasteiger partial charge in [0.15, 0.2) is 11.5 Å². The Balaban J connectivity index is 1.95. The molecule has 1 N–H and O–H groups in total. The van der Waals surface area contributed by atoms with Gasteiger partial charge in [0.05, 0.1) is 17.7 Å². The molecule has 0 saturated carbocycles. The topological polar surface area (TPSA) is 30.5 Å². The van der Waals surface area contributed by atoms with Gasteiger partial charge in [-0.3, -0.25) is 0 Å². The Morgan fingerprint density at radius 1 is 1.04 bits per heavy atom. The van der Waals surface area contributed by atoms with Crippen LogP contribution in [0.1, 0.15) is 45.2 Å². The standard InChI is InChI=1S/C22H30ClNO2/c1-5-25-21-14-19(13-20(23)22(21)26-16(2)3)15-24-17(4)11-12-18-9-7-6-8-10-18/h6-10,13-14,16-17,24H,5,11-12,15H2,1-4H3/t17-/m1/s1. The van der Waals surface area contributed by atoms with Crippen LogP contribution in [0.2, 0.25) is 5.02 Å². The van der Waals surface area contributed by atoms with E-state index < -0.39 is 0 Å². The van der Waals surface area contributed by atoms with Crippen molar-refractivity contribution in [1.29, 1.82) is 0 Å². The van der Waals surface area contributed by atoms with Crippen molar-refractivity contribution in [3.8, 4) is 11.5 Å². The molecule has 0 radical (unpaired) electrons. The summed E-state index contributed by atoms with van der Waals surface area (Å²) in [6, 6.07) is 15.0. The number of benzene rings is 2.